The summed E-state index contributed by atoms with van der Waals surface area (Å²) in [6, 6.07) is 3.81. The molecule has 118 valence electrons. The standard InChI is InChI=1S/C15H13N3O3S2/c1-3-21-15(20)12-9(2)11-13(23-12)16-8-18(14(11)19)17-7-10-5-4-6-22-10/h4-8H,3H2,1-2H3. The first-order chi connectivity index (χ1) is 11.1. The van der Waals surface area contributed by atoms with Gasteiger partial charge in [-0.1, -0.05) is 6.07 Å². The van der Waals surface area contributed by atoms with E-state index in [1.54, 1.807) is 20.1 Å². The number of fused-ring (bicyclic) bond motifs is 1. The minimum atomic E-state index is -0.430. The van der Waals surface area contributed by atoms with Crippen molar-refractivity contribution in [3.63, 3.8) is 0 Å². The zero-order valence-electron chi connectivity index (χ0n) is 12.5. The van der Waals surface area contributed by atoms with Crippen LogP contribution in [0.1, 0.15) is 27.0 Å². The molecule has 6 nitrogen and oxygen atoms in total. The Hall–Kier alpha value is -2.32. The van der Waals surface area contributed by atoms with E-state index in [0.29, 0.717) is 20.7 Å². The average Bonchev–Trinajstić information content (AvgIpc) is 3.15. The highest BCUT2D eigenvalue weighted by atomic mass is 32.1. The fourth-order valence-electron chi connectivity index (χ4n) is 2.07. The molecule has 3 rings (SSSR count). The molecule has 0 fully saturated rings. The lowest BCUT2D eigenvalue weighted by atomic mass is 10.2. The molecule has 3 heterocycles. The van der Waals surface area contributed by atoms with Gasteiger partial charge in [-0.3, -0.25) is 4.79 Å². The van der Waals surface area contributed by atoms with Crippen LogP contribution in [-0.2, 0) is 4.74 Å². The summed E-state index contributed by atoms with van der Waals surface area (Å²) in [5.74, 6) is -0.430. The van der Waals surface area contributed by atoms with Crippen LogP contribution in [0.3, 0.4) is 0 Å². The third kappa shape index (κ3) is 2.95. The first-order valence-electron chi connectivity index (χ1n) is 6.87. The molecule has 0 aliphatic heterocycles. The average molecular weight is 347 g/mol. The second-order valence-corrected chi connectivity index (χ2v) is 6.59. The third-order valence-corrected chi connectivity index (χ3v) is 5.13. The smallest absolute Gasteiger partial charge is 0.348 e. The third-order valence-electron chi connectivity index (χ3n) is 3.15. The Labute approximate surface area is 139 Å². The molecule has 0 saturated heterocycles. The number of hydrogen-bond acceptors (Lipinski definition) is 7. The molecule has 0 aromatic carbocycles. The number of ether oxygens (including phenoxy) is 1. The lowest BCUT2D eigenvalue weighted by Crippen LogP contribution is -2.17. The Morgan fingerprint density at radius 2 is 2.35 bits per heavy atom. The Morgan fingerprint density at radius 3 is 3.04 bits per heavy atom. The zero-order valence-corrected chi connectivity index (χ0v) is 14.1. The monoisotopic (exact) mass is 347 g/mol. The summed E-state index contributed by atoms with van der Waals surface area (Å²) in [5, 5.41) is 6.48. The van der Waals surface area contributed by atoms with E-state index in [9.17, 15) is 9.59 Å². The lowest BCUT2D eigenvalue weighted by Gasteiger charge is -1.99. The maximum atomic E-state index is 12.6. The van der Waals surface area contributed by atoms with Crippen LogP contribution >= 0.6 is 22.7 Å². The maximum Gasteiger partial charge on any atom is 0.348 e. The van der Waals surface area contributed by atoms with Crippen molar-refractivity contribution in [2.24, 2.45) is 5.10 Å². The number of carbonyl (C=O) groups is 1. The van der Waals surface area contributed by atoms with Crippen LogP contribution in [-0.4, -0.2) is 28.5 Å². The van der Waals surface area contributed by atoms with E-state index in [-0.39, 0.29) is 12.2 Å². The minimum Gasteiger partial charge on any atom is -0.462 e. The molecule has 0 bridgehead atoms. The summed E-state index contributed by atoms with van der Waals surface area (Å²) in [6.45, 7) is 3.75. The largest absolute Gasteiger partial charge is 0.462 e. The summed E-state index contributed by atoms with van der Waals surface area (Å²) >= 11 is 2.69. The minimum absolute atomic E-state index is 0.287. The summed E-state index contributed by atoms with van der Waals surface area (Å²) in [4.78, 5) is 30.6. The van der Waals surface area contributed by atoms with Crippen molar-refractivity contribution >= 4 is 45.1 Å². The van der Waals surface area contributed by atoms with E-state index in [1.807, 2.05) is 17.5 Å². The van der Waals surface area contributed by atoms with Gasteiger partial charge in [-0.25, -0.2) is 9.78 Å². The molecule has 0 N–H and O–H groups in total. The van der Waals surface area contributed by atoms with E-state index in [2.05, 4.69) is 10.1 Å². The predicted molar refractivity (Wildman–Crippen MR) is 91.9 cm³/mol. The van der Waals surface area contributed by atoms with Crippen molar-refractivity contribution in [2.75, 3.05) is 6.61 Å². The number of rotatable bonds is 4. The molecule has 0 aliphatic rings. The second-order valence-electron chi connectivity index (χ2n) is 4.61. The number of nitrogens with zero attached hydrogens (tertiary/aromatic N) is 3. The fraction of sp³-hybridized carbons (Fsp3) is 0.200. The van der Waals surface area contributed by atoms with Crippen LogP contribution in [0.5, 0.6) is 0 Å². The van der Waals surface area contributed by atoms with E-state index < -0.39 is 5.97 Å². The number of hydrogen-bond donors (Lipinski definition) is 0. The highest BCUT2D eigenvalue weighted by Gasteiger charge is 2.20. The number of aryl methyl sites for hydroxylation is 1. The number of carbonyl (C=O) groups excluding carboxylic acids is 1. The van der Waals surface area contributed by atoms with Crippen LogP contribution in [0.4, 0.5) is 0 Å². The molecular weight excluding hydrogens is 334 g/mol. The SMILES string of the molecule is CCOC(=O)c1sc2ncn(N=Cc3cccs3)c(=O)c2c1C. The number of esters is 1. The van der Waals surface area contributed by atoms with Gasteiger partial charge in [0.25, 0.3) is 5.56 Å². The molecule has 3 aromatic heterocycles. The van der Waals surface area contributed by atoms with Crippen LogP contribution in [0.25, 0.3) is 10.2 Å². The maximum absolute atomic E-state index is 12.6. The van der Waals surface area contributed by atoms with Gasteiger partial charge in [0.05, 0.1) is 18.2 Å². The molecule has 0 atom stereocenters. The molecule has 0 radical (unpaired) electrons. The van der Waals surface area contributed by atoms with Crippen molar-refractivity contribution in [1.29, 1.82) is 0 Å². The van der Waals surface area contributed by atoms with Gasteiger partial charge in [-0.2, -0.15) is 9.78 Å². The van der Waals surface area contributed by atoms with Gasteiger partial charge in [-0.05, 0) is 30.9 Å². The summed E-state index contributed by atoms with van der Waals surface area (Å²) in [7, 11) is 0. The highest BCUT2D eigenvalue weighted by Crippen LogP contribution is 2.27. The Balaban J connectivity index is 2.07. The van der Waals surface area contributed by atoms with Gasteiger partial charge in [0, 0.05) is 4.88 Å². The van der Waals surface area contributed by atoms with Gasteiger partial charge in [0.2, 0.25) is 0 Å². The van der Waals surface area contributed by atoms with Gasteiger partial charge >= 0.3 is 5.97 Å². The molecule has 8 heteroatoms. The molecule has 3 aromatic rings. The molecule has 0 saturated carbocycles. The van der Waals surface area contributed by atoms with Gasteiger partial charge < -0.3 is 4.74 Å². The van der Waals surface area contributed by atoms with E-state index >= 15 is 0 Å². The summed E-state index contributed by atoms with van der Waals surface area (Å²) in [5.41, 5.74) is 0.286. The quantitative estimate of drug-likeness (QED) is 0.537. The second kappa shape index (κ2) is 6.43. The van der Waals surface area contributed by atoms with Gasteiger partial charge in [0.1, 0.15) is 16.0 Å². The Morgan fingerprint density at radius 1 is 1.52 bits per heavy atom. The first-order valence-corrected chi connectivity index (χ1v) is 8.57. The predicted octanol–water partition coefficient (Wildman–Crippen LogP) is 2.89. The van der Waals surface area contributed by atoms with Crippen molar-refractivity contribution in [1.82, 2.24) is 9.66 Å². The van der Waals surface area contributed by atoms with E-state index in [4.69, 9.17) is 4.74 Å². The zero-order chi connectivity index (χ0) is 16.4. The molecule has 0 amide bonds. The van der Waals surface area contributed by atoms with Crippen molar-refractivity contribution in [3.05, 3.63) is 49.5 Å². The van der Waals surface area contributed by atoms with Gasteiger partial charge in [0.15, 0.2) is 0 Å². The highest BCUT2D eigenvalue weighted by molar-refractivity contribution is 7.20. The van der Waals surface area contributed by atoms with Crippen LogP contribution < -0.4 is 5.56 Å². The van der Waals surface area contributed by atoms with E-state index in [0.717, 1.165) is 16.2 Å². The van der Waals surface area contributed by atoms with Gasteiger partial charge in [-0.15, -0.1) is 22.7 Å². The molecular formula is C15H13N3O3S2. The molecule has 23 heavy (non-hydrogen) atoms. The molecule has 0 unspecified atom stereocenters. The van der Waals surface area contributed by atoms with Crippen molar-refractivity contribution in [2.45, 2.75) is 13.8 Å². The normalized spacial score (nSPS) is 11.4. The van der Waals surface area contributed by atoms with Crippen LogP contribution in [0.15, 0.2) is 33.7 Å². The summed E-state index contributed by atoms with van der Waals surface area (Å²) < 4.78 is 6.19. The molecule has 0 spiro atoms. The van der Waals surface area contributed by atoms with Crippen molar-refractivity contribution in [3.8, 4) is 0 Å². The first kappa shape index (κ1) is 15.6. The van der Waals surface area contributed by atoms with Crippen LogP contribution in [0.2, 0.25) is 0 Å². The van der Waals surface area contributed by atoms with E-state index in [1.165, 1.54) is 22.3 Å². The Bertz CT molecular complexity index is 939. The molecule has 0 aliphatic carbocycles. The van der Waals surface area contributed by atoms with Crippen LogP contribution in [0, 0.1) is 6.92 Å². The Kier molecular flexibility index (Phi) is 4.35. The van der Waals surface area contributed by atoms with Crippen molar-refractivity contribution < 1.29 is 9.53 Å². The fourth-order valence-corrected chi connectivity index (χ4v) is 3.69. The number of thiophene rings is 2. The topological polar surface area (TPSA) is 73.5 Å². The summed E-state index contributed by atoms with van der Waals surface area (Å²) in [6.07, 6.45) is 2.97. The number of aromatic nitrogens is 2. The lowest BCUT2D eigenvalue weighted by molar-refractivity contribution is 0.0531.